The average molecular weight is 701 g/mol. The van der Waals surface area contributed by atoms with Crippen LogP contribution in [0.25, 0.3) is 0 Å². The molecule has 0 aliphatic rings. The largest absolute Gasteiger partial charge is 0.325 e. The topological polar surface area (TPSA) is 27.6 Å². The molecule has 0 bridgehead atoms. The van der Waals surface area contributed by atoms with Crippen LogP contribution in [-0.4, -0.2) is 6.15 Å². The van der Waals surface area contributed by atoms with Gasteiger partial charge in [-0.25, -0.2) is 70.2 Å². The van der Waals surface area contributed by atoms with E-state index in [0.717, 1.165) is 5.69 Å². The predicted molar refractivity (Wildman–Crippen MR) is 138 cm³/mol. The molecule has 5 aromatic carbocycles. The first-order valence-electron chi connectivity index (χ1n) is 12.8. The molecule has 0 heterocycles. The van der Waals surface area contributed by atoms with Crippen molar-refractivity contribution in [3.63, 3.8) is 0 Å². The standard InChI is InChI=1S/C24H4BF16.C6H7N/c26-5-1-9(30)17(34)21(38)13(5)25(14-6(27)2-10(31)18(35)22(14)39,15-7(28)3-11(32)19(36)23(15)40)16-8(29)4-12(33)20(37)24(16)41;7-6-4-2-1-3-5-6/h1-4H;1-5H,7H2/q-1;/p+1. The first-order chi connectivity index (χ1) is 22.4. The molecule has 48 heavy (non-hydrogen) atoms. The molecule has 5 rings (SSSR count). The number of benzene rings is 5. The lowest BCUT2D eigenvalue weighted by molar-refractivity contribution is -0.254. The summed E-state index contributed by atoms with van der Waals surface area (Å²) in [6.07, 6.45) is -6.18. The Kier molecular flexibility index (Phi) is 9.90. The number of rotatable bonds is 4. The van der Waals surface area contributed by atoms with Gasteiger partial charge in [0, 0.05) is 24.3 Å². The van der Waals surface area contributed by atoms with Gasteiger partial charge in [0.25, 0.3) is 0 Å². The zero-order valence-electron chi connectivity index (χ0n) is 23.0. The molecule has 5 aromatic rings. The molecule has 3 N–H and O–H groups in total. The van der Waals surface area contributed by atoms with Gasteiger partial charge in [0.1, 0.15) is 35.1 Å². The van der Waals surface area contributed by atoms with Crippen molar-refractivity contribution in [1.82, 2.24) is 0 Å². The van der Waals surface area contributed by atoms with Gasteiger partial charge in [-0.2, -0.15) is 0 Å². The maximum absolute atomic E-state index is 15.3. The van der Waals surface area contributed by atoms with E-state index in [1.807, 2.05) is 30.3 Å². The molecule has 0 saturated heterocycles. The normalized spacial score (nSPS) is 11.4. The molecule has 0 unspecified atom stereocenters. The highest BCUT2D eigenvalue weighted by Crippen LogP contribution is 2.27. The van der Waals surface area contributed by atoms with E-state index in [2.05, 4.69) is 5.73 Å². The van der Waals surface area contributed by atoms with Crippen LogP contribution in [0.4, 0.5) is 75.9 Å². The van der Waals surface area contributed by atoms with E-state index in [4.69, 9.17) is 0 Å². The Morgan fingerprint density at radius 3 is 0.729 bits per heavy atom. The monoisotopic (exact) mass is 701 g/mol. The number of halogens is 16. The molecule has 1 nitrogen and oxygen atoms in total. The summed E-state index contributed by atoms with van der Waals surface area (Å²) in [4.78, 5) is 0. The van der Waals surface area contributed by atoms with Crippen LogP contribution in [0.3, 0.4) is 0 Å². The van der Waals surface area contributed by atoms with Crippen LogP contribution in [-0.2, 0) is 0 Å². The summed E-state index contributed by atoms with van der Waals surface area (Å²) >= 11 is 0. The van der Waals surface area contributed by atoms with Crippen molar-refractivity contribution in [2.75, 3.05) is 0 Å². The van der Waals surface area contributed by atoms with Gasteiger partial charge in [-0.15, -0.1) is 21.9 Å². The number of hydrogen-bond donors (Lipinski definition) is 1. The third-order valence-electron chi connectivity index (χ3n) is 7.17. The molecule has 0 spiro atoms. The van der Waals surface area contributed by atoms with E-state index in [-0.39, 0.29) is 0 Å². The first kappa shape index (κ1) is 35.9. The third-order valence-corrected chi connectivity index (χ3v) is 7.17. The Bertz CT molecular complexity index is 1810. The predicted octanol–water partition coefficient (Wildman–Crippen LogP) is 5.85. The summed E-state index contributed by atoms with van der Waals surface area (Å²) in [6.45, 7) is 0. The summed E-state index contributed by atoms with van der Waals surface area (Å²) in [6, 6.07) is 6.95. The summed E-state index contributed by atoms with van der Waals surface area (Å²) in [5.41, 5.74) is -6.15. The highest BCUT2D eigenvalue weighted by molar-refractivity contribution is 7.20. The van der Waals surface area contributed by atoms with Gasteiger partial charge in [-0.1, -0.05) is 18.2 Å². The maximum Gasteiger partial charge on any atom is 0.191 e. The second-order valence-electron chi connectivity index (χ2n) is 9.88. The van der Waals surface area contributed by atoms with E-state index in [0.29, 0.717) is 0 Å². The Balaban J connectivity index is 0.000000659. The lowest BCUT2D eigenvalue weighted by Crippen LogP contribution is -2.80. The van der Waals surface area contributed by atoms with Crippen LogP contribution in [0.5, 0.6) is 0 Å². The molecule has 0 aliphatic heterocycles. The van der Waals surface area contributed by atoms with Gasteiger partial charge in [0.2, 0.25) is 0 Å². The van der Waals surface area contributed by atoms with Crippen LogP contribution in [0.2, 0.25) is 0 Å². The van der Waals surface area contributed by atoms with E-state index >= 15 is 35.1 Å². The quantitative estimate of drug-likeness (QED) is 0.106. The van der Waals surface area contributed by atoms with Crippen molar-refractivity contribution in [3.8, 4) is 0 Å². The van der Waals surface area contributed by atoms with E-state index in [1.165, 1.54) is 0 Å². The first-order valence-corrected chi connectivity index (χ1v) is 12.8. The molecule has 0 atom stereocenters. The molecule has 0 aromatic heterocycles. The van der Waals surface area contributed by atoms with Gasteiger partial charge >= 0.3 is 0 Å². The average Bonchev–Trinajstić information content (AvgIpc) is 3.01. The van der Waals surface area contributed by atoms with Crippen molar-refractivity contribution in [2.24, 2.45) is 0 Å². The van der Waals surface area contributed by atoms with Gasteiger partial charge in [0.05, 0.1) is 23.3 Å². The van der Waals surface area contributed by atoms with Crippen LogP contribution < -0.4 is 27.6 Å². The minimum atomic E-state index is -6.18. The summed E-state index contributed by atoms with van der Waals surface area (Å²) in [5.74, 6) is -45.1. The number of quaternary nitrogens is 1. The Morgan fingerprint density at radius 1 is 0.312 bits per heavy atom. The van der Waals surface area contributed by atoms with Crippen molar-refractivity contribution in [1.29, 1.82) is 0 Å². The molecular formula is C30H12BF16N. The fourth-order valence-corrected chi connectivity index (χ4v) is 5.25. The Labute approximate surface area is 257 Å². The van der Waals surface area contributed by atoms with E-state index < -0.39 is 145 Å². The fourth-order valence-electron chi connectivity index (χ4n) is 5.25. The molecule has 0 fully saturated rings. The molecule has 0 saturated carbocycles. The molecular weight excluding hydrogens is 689 g/mol. The minimum Gasteiger partial charge on any atom is -0.325 e. The van der Waals surface area contributed by atoms with E-state index in [1.54, 1.807) is 0 Å². The smallest absolute Gasteiger partial charge is 0.191 e. The minimum absolute atomic E-state index is 0.731. The maximum atomic E-state index is 15.3. The summed E-state index contributed by atoms with van der Waals surface area (Å²) < 4.78 is 235. The second-order valence-corrected chi connectivity index (χ2v) is 9.88. The molecule has 0 aliphatic carbocycles. The van der Waals surface area contributed by atoms with E-state index in [9.17, 15) is 35.1 Å². The van der Waals surface area contributed by atoms with Crippen LogP contribution >= 0.6 is 0 Å². The van der Waals surface area contributed by atoms with Crippen molar-refractivity contribution in [3.05, 3.63) is 148 Å². The van der Waals surface area contributed by atoms with Crippen molar-refractivity contribution < 1.29 is 76.0 Å². The fraction of sp³-hybridized carbons (Fsp3) is 0. The van der Waals surface area contributed by atoms with Gasteiger partial charge in [-0.05, 0) is 12.1 Å². The highest BCUT2D eigenvalue weighted by Gasteiger charge is 2.49. The van der Waals surface area contributed by atoms with Crippen LogP contribution in [0.1, 0.15) is 0 Å². The molecule has 0 amide bonds. The van der Waals surface area contributed by atoms with Crippen LogP contribution in [0, 0.1) is 93.1 Å². The zero-order chi connectivity index (χ0) is 36.0. The van der Waals surface area contributed by atoms with Gasteiger partial charge in [-0.3, -0.25) is 0 Å². The Morgan fingerprint density at radius 2 is 0.542 bits per heavy atom. The second kappa shape index (κ2) is 13.3. The molecule has 18 heteroatoms. The zero-order valence-corrected chi connectivity index (χ0v) is 23.0. The highest BCUT2D eigenvalue weighted by atomic mass is 19.2. The third kappa shape index (κ3) is 5.73. The summed E-state index contributed by atoms with van der Waals surface area (Å²) in [7, 11) is 0. The number of hydrogen-bond acceptors (Lipinski definition) is 0. The summed E-state index contributed by atoms with van der Waals surface area (Å²) in [5, 5.41) is 0. The van der Waals surface area contributed by atoms with Crippen molar-refractivity contribution in [2.45, 2.75) is 0 Å². The van der Waals surface area contributed by atoms with Crippen molar-refractivity contribution >= 4 is 33.7 Å². The lowest BCUT2D eigenvalue weighted by Gasteiger charge is -2.44. The van der Waals surface area contributed by atoms with Gasteiger partial charge < -0.3 is 5.73 Å². The molecule has 0 radical (unpaired) electrons. The molecule has 252 valence electrons. The SMILES string of the molecule is Fc1cc(F)c([B-](c2c(F)cc(F)c(F)c2F)(c2c(F)cc(F)c(F)c2F)c2c(F)cc(F)c(F)c2F)c(F)c1F.[NH3+]c1ccccc1. The van der Waals surface area contributed by atoms with Gasteiger partial charge in [0.15, 0.2) is 46.5 Å². The Hall–Kier alpha value is -5.00. The van der Waals surface area contributed by atoms with Crippen LogP contribution in [0.15, 0.2) is 54.6 Å². The lowest BCUT2D eigenvalue weighted by atomic mass is 9.12.